The number of nitrogens with one attached hydrogen (secondary N) is 2. The van der Waals surface area contributed by atoms with Gasteiger partial charge in [-0.2, -0.15) is 0 Å². The SMILES string of the molecule is CO[Si](CCC[Si](CCC[Si](OC)(OC)OC)(CCC[Si](OC)(OC)OC)n1c(=O)[nH]c(=O)[nH]c1=O)(OC)OC. The van der Waals surface area contributed by atoms with Gasteiger partial charge in [-0.1, -0.05) is 0 Å². The van der Waals surface area contributed by atoms with E-state index in [0.717, 1.165) is 0 Å². The van der Waals surface area contributed by atoms with Gasteiger partial charge in [0.1, 0.15) is 0 Å². The van der Waals surface area contributed by atoms with Gasteiger partial charge in [-0.05, 0) is 37.4 Å². The van der Waals surface area contributed by atoms with Gasteiger partial charge in [0, 0.05) is 82.1 Å². The van der Waals surface area contributed by atoms with E-state index >= 15 is 0 Å². The minimum atomic E-state index is -3.04. The molecule has 0 unspecified atom stereocenters. The van der Waals surface area contributed by atoms with Crippen molar-refractivity contribution in [3.63, 3.8) is 0 Å². The van der Waals surface area contributed by atoms with Crippen LogP contribution in [0.25, 0.3) is 0 Å². The molecule has 0 radical (unpaired) electrons. The molecule has 0 saturated heterocycles. The molecular weight excluding hydrogens is 599 g/mol. The number of nitrogens with zero attached hydrogens (tertiary/aromatic N) is 1. The third-order valence-electron chi connectivity index (χ3n) is 7.50. The van der Waals surface area contributed by atoms with Gasteiger partial charge >= 0.3 is 43.5 Å². The van der Waals surface area contributed by atoms with E-state index in [9.17, 15) is 14.4 Å². The van der Waals surface area contributed by atoms with Crippen LogP contribution in [0.2, 0.25) is 36.3 Å². The van der Waals surface area contributed by atoms with Gasteiger partial charge in [-0.3, -0.25) is 14.2 Å². The van der Waals surface area contributed by atoms with E-state index in [0.29, 0.717) is 55.5 Å². The fraction of sp³-hybridized carbons (Fsp3) is 0.857. The third kappa shape index (κ3) is 9.21. The fourth-order valence-corrected chi connectivity index (χ4v) is 16.3. The molecule has 0 aliphatic rings. The summed E-state index contributed by atoms with van der Waals surface area (Å²) < 4.78 is 51.6. The van der Waals surface area contributed by atoms with Crippen molar-refractivity contribution in [2.24, 2.45) is 0 Å². The molecule has 1 heterocycles. The molecule has 1 aromatic heterocycles. The Morgan fingerprint density at radius 3 is 0.950 bits per heavy atom. The molecule has 0 aliphatic carbocycles. The van der Waals surface area contributed by atoms with E-state index in [2.05, 4.69) is 9.97 Å². The Morgan fingerprint density at radius 1 is 0.475 bits per heavy atom. The van der Waals surface area contributed by atoms with Crippen molar-refractivity contribution in [3.8, 4) is 0 Å². The van der Waals surface area contributed by atoms with Crippen molar-refractivity contribution in [1.29, 1.82) is 0 Å². The lowest BCUT2D eigenvalue weighted by Gasteiger charge is -2.35. The van der Waals surface area contributed by atoms with Crippen LogP contribution in [0, 0.1) is 0 Å². The molecule has 0 bridgehead atoms. The summed E-state index contributed by atoms with van der Waals surface area (Å²) in [5, 5.41) is 0. The first-order valence-electron chi connectivity index (χ1n) is 12.9. The highest BCUT2D eigenvalue weighted by Gasteiger charge is 2.45. The summed E-state index contributed by atoms with van der Waals surface area (Å²) in [7, 11) is 2.02. The van der Waals surface area contributed by atoms with E-state index in [1.54, 1.807) is 0 Å². The van der Waals surface area contributed by atoms with E-state index < -0.39 is 51.7 Å². The highest BCUT2D eigenvalue weighted by Crippen LogP contribution is 2.33. The lowest BCUT2D eigenvalue weighted by molar-refractivity contribution is 0.123. The van der Waals surface area contributed by atoms with Crippen LogP contribution in [-0.4, -0.2) is 113 Å². The van der Waals surface area contributed by atoms with Gasteiger partial charge in [0.05, 0.1) is 0 Å². The number of hydrogen-bond donors (Lipinski definition) is 2. The van der Waals surface area contributed by atoms with Crippen LogP contribution < -0.4 is 17.1 Å². The smallest absolute Gasteiger partial charge is 0.377 e. The Bertz CT molecular complexity index is 917. The summed E-state index contributed by atoms with van der Waals surface area (Å²) in [5.41, 5.74) is -2.33. The highest BCUT2D eigenvalue weighted by atomic mass is 28.4. The first kappa shape index (κ1) is 36.9. The molecule has 1 aromatic rings. The highest BCUT2D eigenvalue weighted by molar-refractivity contribution is 6.78. The molecular formula is C21H47N3O12Si4. The molecule has 0 aromatic carbocycles. The first-order chi connectivity index (χ1) is 19.0. The predicted octanol–water partition coefficient (Wildman–Crippen LogP) is 0.823. The largest absolute Gasteiger partial charge is 0.500 e. The Labute approximate surface area is 239 Å². The Kier molecular flexibility index (Phi) is 15.8. The second-order valence-electron chi connectivity index (χ2n) is 9.20. The molecule has 19 heteroatoms. The molecule has 234 valence electrons. The number of aromatic amines is 2. The molecule has 1 rings (SSSR count). The van der Waals surface area contributed by atoms with Crippen molar-refractivity contribution in [2.75, 3.05) is 64.0 Å². The summed E-state index contributed by atoms with van der Waals surface area (Å²) in [6.45, 7) is 0. The summed E-state index contributed by atoms with van der Waals surface area (Å²) in [6, 6.07) is 2.95. The molecule has 0 aliphatic heterocycles. The van der Waals surface area contributed by atoms with Gasteiger partial charge in [0.2, 0.25) is 0 Å². The van der Waals surface area contributed by atoms with Crippen LogP contribution in [-0.2, 0) is 39.8 Å². The Hall–Kier alpha value is -1.08. The molecule has 40 heavy (non-hydrogen) atoms. The maximum Gasteiger partial charge on any atom is 0.500 e. The molecule has 0 fully saturated rings. The summed E-state index contributed by atoms with van der Waals surface area (Å²) in [5.74, 6) is 0. The number of rotatable bonds is 22. The molecule has 0 amide bonds. The lowest BCUT2D eigenvalue weighted by atomic mass is 10.5. The van der Waals surface area contributed by atoms with Crippen LogP contribution in [0.4, 0.5) is 0 Å². The lowest BCUT2D eigenvalue weighted by Crippen LogP contribution is -2.59. The van der Waals surface area contributed by atoms with Gasteiger partial charge in [0.25, 0.3) is 0 Å². The number of hydrogen-bond acceptors (Lipinski definition) is 12. The van der Waals surface area contributed by atoms with E-state index in [-0.39, 0.29) is 0 Å². The molecule has 0 spiro atoms. The van der Waals surface area contributed by atoms with Gasteiger partial charge in [0.15, 0.2) is 8.24 Å². The van der Waals surface area contributed by atoms with Crippen LogP contribution in [0.3, 0.4) is 0 Å². The minimum Gasteiger partial charge on any atom is -0.377 e. The van der Waals surface area contributed by atoms with E-state index in [1.807, 2.05) is 0 Å². The van der Waals surface area contributed by atoms with Crippen molar-refractivity contribution >= 4 is 34.6 Å². The summed E-state index contributed by atoms with van der Waals surface area (Å²) >= 11 is 0. The maximum atomic E-state index is 13.2. The quantitative estimate of drug-likeness (QED) is 0.171. The van der Waals surface area contributed by atoms with Gasteiger partial charge < -0.3 is 39.8 Å². The zero-order chi connectivity index (χ0) is 30.5. The van der Waals surface area contributed by atoms with Crippen LogP contribution >= 0.6 is 0 Å². The van der Waals surface area contributed by atoms with Crippen molar-refractivity contribution in [1.82, 2.24) is 14.2 Å². The first-order valence-corrected chi connectivity index (χ1v) is 21.3. The summed E-state index contributed by atoms with van der Waals surface area (Å²) in [4.78, 5) is 42.9. The van der Waals surface area contributed by atoms with Crippen molar-refractivity contribution in [3.05, 3.63) is 31.5 Å². The zero-order valence-corrected chi connectivity index (χ0v) is 29.2. The standard InChI is InChI=1S/C21H47N3O12Si4/c1-28-38(29-2,30-3)16-10-13-37(14-11-17-39(31-4,32-5)33-6,15-12-18-40(34-7,35-8)36-9)24-20(26)22-19(25)23-21(24)27/h10-18H2,1-9H3,(H2,22,23,25,26,27). The van der Waals surface area contributed by atoms with Crippen LogP contribution in [0.1, 0.15) is 19.3 Å². The van der Waals surface area contributed by atoms with Crippen LogP contribution in [0.5, 0.6) is 0 Å². The molecule has 0 saturated carbocycles. The molecule has 0 atom stereocenters. The monoisotopic (exact) mass is 645 g/mol. The number of aromatic nitrogens is 3. The van der Waals surface area contributed by atoms with Crippen LogP contribution in [0.15, 0.2) is 14.4 Å². The van der Waals surface area contributed by atoms with Gasteiger partial charge in [-0.25, -0.2) is 14.4 Å². The normalized spacial score (nSPS) is 13.2. The average Bonchev–Trinajstić information content (AvgIpc) is 2.96. The molecule has 15 nitrogen and oxygen atoms in total. The van der Waals surface area contributed by atoms with E-state index in [1.165, 1.54) is 68.2 Å². The second kappa shape index (κ2) is 17.1. The fourth-order valence-electron chi connectivity index (χ4n) is 5.14. The van der Waals surface area contributed by atoms with Crippen molar-refractivity contribution in [2.45, 2.75) is 55.5 Å². The van der Waals surface area contributed by atoms with Gasteiger partial charge in [-0.15, -0.1) is 0 Å². The maximum absolute atomic E-state index is 13.2. The predicted molar refractivity (Wildman–Crippen MR) is 156 cm³/mol. The van der Waals surface area contributed by atoms with E-state index in [4.69, 9.17) is 39.8 Å². The number of H-pyrrole nitrogens is 2. The zero-order valence-electron chi connectivity index (χ0n) is 25.2. The molecule has 2 N–H and O–H groups in total. The average molecular weight is 646 g/mol. The minimum absolute atomic E-state index is 0.473. The third-order valence-corrected chi connectivity index (χ3v) is 21.2. The topological polar surface area (TPSA) is 171 Å². The second-order valence-corrected chi connectivity index (χ2v) is 22.9. The summed E-state index contributed by atoms with van der Waals surface area (Å²) in [6.07, 6.45) is 1.67. The Morgan fingerprint density at radius 2 is 0.725 bits per heavy atom. The Balaban J connectivity index is 3.59. The van der Waals surface area contributed by atoms with Crippen molar-refractivity contribution < 1.29 is 39.8 Å².